The number of ether oxygens (including phenoxy) is 2. The highest BCUT2D eigenvalue weighted by atomic mass is 79.9. The van der Waals surface area contributed by atoms with Crippen LogP contribution in [0.2, 0.25) is 0 Å². The van der Waals surface area contributed by atoms with Gasteiger partial charge < -0.3 is 9.47 Å². The molecule has 2 aliphatic rings. The third-order valence-electron chi connectivity index (χ3n) is 5.73. The molecule has 1 fully saturated rings. The number of Topliss-reactive ketones (excluding diaryl/α,β-unsaturated/α-hetero) is 1. The van der Waals surface area contributed by atoms with Crippen LogP contribution in [-0.4, -0.2) is 24.3 Å². The first kappa shape index (κ1) is 19.3. The highest BCUT2D eigenvalue weighted by molar-refractivity contribution is 9.10. The van der Waals surface area contributed by atoms with Crippen LogP contribution in [0.25, 0.3) is 0 Å². The molecule has 1 saturated carbocycles. The molecule has 0 radical (unpaired) electrons. The van der Waals surface area contributed by atoms with E-state index >= 15 is 0 Å². The number of carbonyl (C=O) groups excluding carboxylic acids is 3. The van der Waals surface area contributed by atoms with E-state index in [2.05, 4.69) is 31.9 Å². The van der Waals surface area contributed by atoms with E-state index in [1.54, 1.807) is 56.3 Å². The van der Waals surface area contributed by atoms with Crippen molar-refractivity contribution >= 4 is 49.6 Å². The maximum absolute atomic E-state index is 13.5. The monoisotopic (exact) mass is 506 g/mol. The van der Waals surface area contributed by atoms with Crippen LogP contribution in [0.4, 0.5) is 0 Å². The summed E-state index contributed by atoms with van der Waals surface area (Å²) >= 11 is 6.77. The molecule has 0 unspecified atom stereocenters. The van der Waals surface area contributed by atoms with Gasteiger partial charge in [0, 0.05) is 26.0 Å². The Balaban J connectivity index is 1.90. The van der Waals surface area contributed by atoms with Crippen LogP contribution >= 0.6 is 31.9 Å². The van der Waals surface area contributed by atoms with Crippen LogP contribution < -0.4 is 4.74 Å². The summed E-state index contributed by atoms with van der Waals surface area (Å²) in [5, 5.41) is 0. The molecule has 0 bridgehead atoms. The van der Waals surface area contributed by atoms with E-state index in [4.69, 9.17) is 9.47 Å². The lowest BCUT2D eigenvalue weighted by molar-refractivity contribution is -0.162. The summed E-state index contributed by atoms with van der Waals surface area (Å²) in [6, 6.07) is 12.1. The molecule has 3 atom stereocenters. The quantitative estimate of drug-likeness (QED) is 0.260. The number of esters is 2. The molecule has 0 N–H and O–H groups in total. The number of hydrogen-bond donors (Lipinski definition) is 0. The number of rotatable bonds is 4. The van der Waals surface area contributed by atoms with Crippen molar-refractivity contribution in [2.24, 2.45) is 10.8 Å². The predicted molar refractivity (Wildman–Crippen MR) is 108 cm³/mol. The first-order chi connectivity index (χ1) is 13.3. The highest BCUT2D eigenvalue weighted by Crippen LogP contribution is 2.78. The van der Waals surface area contributed by atoms with Gasteiger partial charge in [0.2, 0.25) is 0 Å². The van der Waals surface area contributed by atoms with E-state index < -0.39 is 28.7 Å². The summed E-state index contributed by atoms with van der Waals surface area (Å²) in [4.78, 5) is 39.5. The zero-order valence-electron chi connectivity index (χ0n) is 15.1. The standard InChI is InChI=1S/C21H16Br2O5/c1-3-27-18(25)21-16(14-10-13(23)8-9-15(14)28-19(21)26)20(21,2)17(24)11-4-6-12(22)7-5-11/h4-10,16H,3H2,1-2H3/t16-,20+,21+/m1/s1. The van der Waals surface area contributed by atoms with Gasteiger partial charge in [0.15, 0.2) is 11.2 Å². The molecule has 0 amide bonds. The number of fused-ring (bicyclic) bond motifs is 3. The van der Waals surface area contributed by atoms with Gasteiger partial charge in [0.25, 0.3) is 0 Å². The van der Waals surface area contributed by atoms with E-state index in [-0.39, 0.29) is 12.4 Å². The lowest BCUT2D eigenvalue weighted by Crippen LogP contribution is -2.40. The van der Waals surface area contributed by atoms with Gasteiger partial charge in [-0.15, -0.1) is 0 Å². The summed E-state index contributed by atoms with van der Waals surface area (Å²) in [6.07, 6.45) is 0. The highest BCUT2D eigenvalue weighted by Gasteiger charge is 2.89. The van der Waals surface area contributed by atoms with Gasteiger partial charge in [0.05, 0.1) is 12.0 Å². The van der Waals surface area contributed by atoms with Crippen LogP contribution in [0, 0.1) is 10.8 Å². The molecule has 7 heteroatoms. The van der Waals surface area contributed by atoms with E-state index in [1.807, 2.05) is 0 Å². The number of hydrogen-bond acceptors (Lipinski definition) is 5. The van der Waals surface area contributed by atoms with Crippen LogP contribution in [0.3, 0.4) is 0 Å². The molecule has 144 valence electrons. The van der Waals surface area contributed by atoms with E-state index in [1.165, 1.54) is 0 Å². The third-order valence-corrected chi connectivity index (χ3v) is 6.75. The Morgan fingerprint density at radius 3 is 2.39 bits per heavy atom. The van der Waals surface area contributed by atoms with Crippen molar-refractivity contribution in [3.05, 3.63) is 62.5 Å². The summed E-state index contributed by atoms with van der Waals surface area (Å²) < 4.78 is 12.3. The molecule has 5 nitrogen and oxygen atoms in total. The Bertz CT molecular complexity index is 1020. The largest absolute Gasteiger partial charge is 0.465 e. The predicted octanol–water partition coefficient (Wildman–Crippen LogP) is 4.67. The average Bonchev–Trinajstić information content (AvgIpc) is 3.26. The second-order valence-electron chi connectivity index (χ2n) is 7.07. The van der Waals surface area contributed by atoms with Gasteiger partial charge in [-0.05, 0) is 44.2 Å². The smallest absolute Gasteiger partial charge is 0.330 e. The lowest BCUT2D eigenvalue weighted by Gasteiger charge is -2.22. The molecule has 1 heterocycles. The molecule has 0 spiro atoms. The van der Waals surface area contributed by atoms with Crippen LogP contribution in [0.1, 0.15) is 35.7 Å². The zero-order chi connectivity index (χ0) is 20.3. The van der Waals surface area contributed by atoms with Crippen molar-refractivity contribution in [2.75, 3.05) is 6.61 Å². The fourth-order valence-electron chi connectivity index (χ4n) is 4.38. The topological polar surface area (TPSA) is 69.7 Å². The fraction of sp³-hybridized carbons (Fsp3) is 0.286. The average molecular weight is 508 g/mol. The molecule has 1 aliphatic heterocycles. The van der Waals surface area contributed by atoms with Crippen molar-refractivity contribution in [1.82, 2.24) is 0 Å². The van der Waals surface area contributed by atoms with Crippen LogP contribution in [0.15, 0.2) is 51.4 Å². The van der Waals surface area contributed by atoms with Crippen molar-refractivity contribution in [3.8, 4) is 5.75 Å². The molecule has 4 rings (SSSR count). The maximum Gasteiger partial charge on any atom is 0.330 e. The molecular formula is C21H16Br2O5. The Morgan fingerprint density at radius 2 is 1.75 bits per heavy atom. The van der Waals surface area contributed by atoms with Crippen molar-refractivity contribution < 1.29 is 23.9 Å². The van der Waals surface area contributed by atoms with E-state index in [9.17, 15) is 14.4 Å². The third kappa shape index (κ3) is 2.38. The Kier molecular flexibility index (Phi) is 4.50. The SMILES string of the molecule is CCOC(=O)[C@]12C(=O)Oc3ccc(Br)cc3[C@@H]1[C@@]2(C)C(=O)c1ccc(Br)cc1. The molecule has 2 aromatic carbocycles. The van der Waals surface area contributed by atoms with Gasteiger partial charge in [-0.1, -0.05) is 44.0 Å². The number of ketones is 1. The van der Waals surface area contributed by atoms with Gasteiger partial charge >= 0.3 is 11.9 Å². The molecule has 28 heavy (non-hydrogen) atoms. The van der Waals surface area contributed by atoms with Crippen molar-refractivity contribution in [2.45, 2.75) is 19.8 Å². The summed E-state index contributed by atoms with van der Waals surface area (Å²) in [5.74, 6) is -2.03. The maximum atomic E-state index is 13.5. The first-order valence-electron chi connectivity index (χ1n) is 8.77. The number of carbonyl (C=O) groups is 3. The molecule has 1 aliphatic carbocycles. The second-order valence-corrected chi connectivity index (χ2v) is 8.90. The Morgan fingerprint density at radius 1 is 1.11 bits per heavy atom. The number of benzene rings is 2. The minimum absolute atomic E-state index is 0.106. The van der Waals surface area contributed by atoms with Gasteiger partial charge in [0.1, 0.15) is 5.75 Å². The minimum atomic E-state index is -1.68. The lowest BCUT2D eigenvalue weighted by atomic mass is 9.87. The Labute approximate surface area is 178 Å². The summed E-state index contributed by atoms with van der Waals surface area (Å²) in [7, 11) is 0. The van der Waals surface area contributed by atoms with Crippen molar-refractivity contribution in [1.29, 1.82) is 0 Å². The summed E-state index contributed by atoms with van der Waals surface area (Å²) in [6.45, 7) is 3.42. The molecular weight excluding hydrogens is 492 g/mol. The van der Waals surface area contributed by atoms with E-state index in [0.29, 0.717) is 16.9 Å². The molecule has 0 aromatic heterocycles. The molecule has 0 saturated heterocycles. The minimum Gasteiger partial charge on any atom is -0.465 e. The van der Waals surface area contributed by atoms with Gasteiger partial charge in [-0.2, -0.15) is 0 Å². The number of halogens is 2. The van der Waals surface area contributed by atoms with Gasteiger partial charge in [-0.3, -0.25) is 14.4 Å². The first-order valence-corrected chi connectivity index (χ1v) is 10.4. The second kappa shape index (κ2) is 6.52. The van der Waals surface area contributed by atoms with E-state index in [0.717, 1.165) is 8.95 Å². The summed E-state index contributed by atoms with van der Waals surface area (Å²) in [5.41, 5.74) is -1.90. The zero-order valence-corrected chi connectivity index (χ0v) is 18.3. The molecule has 2 aromatic rings. The Hall–Kier alpha value is -1.99. The van der Waals surface area contributed by atoms with Gasteiger partial charge in [-0.25, -0.2) is 0 Å². The van der Waals surface area contributed by atoms with Crippen LogP contribution in [0.5, 0.6) is 5.75 Å². The van der Waals surface area contributed by atoms with Crippen LogP contribution in [-0.2, 0) is 14.3 Å². The fourth-order valence-corrected chi connectivity index (χ4v) is 5.02. The van der Waals surface area contributed by atoms with Crippen molar-refractivity contribution in [3.63, 3.8) is 0 Å². The normalized spacial score (nSPS) is 27.3.